The number of halogens is 1. The van der Waals surface area contributed by atoms with Gasteiger partial charge in [0.2, 0.25) is 5.91 Å². The van der Waals surface area contributed by atoms with Gasteiger partial charge in [-0.1, -0.05) is 17.8 Å². The standard InChI is InChI=1S/C21H22FN3O4S2/c1-13-3-4-14(9-17(13)22)23-20(26)10-25(15-5-7-16(29-2)8-6-15)21-24-18-11-31(27,28)12-19(18)30-21/h3-9,18-19H,10-12H2,1-2H3,(H,23,26). The van der Waals surface area contributed by atoms with Crippen molar-refractivity contribution in [1.29, 1.82) is 0 Å². The average Bonchev–Trinajstić information content (AvgIpc) is 3.22. The van der Waals surface area contributed by atoms with Crippen LogP contribution in [0.4, 0.5) is 15.8 Å². The summed E-state index contributed by atoms with van der Waals surface area (Å²) in [7, 11) is -1.51. The van der Waals surface area contributed by atoms with E-state index in [2.05, 4.69) is 10.3 Å². The predicted octanol–water partition coefficient (Wildman–Crippen LogP) is 2.86. The van der Waals surface area contributed by atoms with Crippen molar-refractivity contribution in [2.45, 2.75) is 18.2 Å². The Kier molecular flexibility index (Phi) is 5.94. The van der Waals surface area contributed by atoms with Gasteiger partial charge >= 0.3 is 0 Å². The number of carbonyl (C=O) groups is 1. The molecular weight excluding hydrogens is 441 g/mol. The lowest BCUT2D eigenvalue weighted by Gasteiger charge is -2.24. The number of fused-ring (bicyclic) bond motifs is 1. The maximum absolute atomic E-state index is 13.8. The van der Waals surface area contributed by atoms with Crippen molar-refractivity contribution in [2.75, 3.05) is 35.4 Å². The third kappa shape index (κ3) is 4.85. The minimum atomic E-state index is -3.08. The first-order valence-electron chi connectivity index (χ1n) is 9.66. The molecule has 164 valence electrons. The lowest BCUT2D eigenvalue weighted by atomic mass is 10.2. The average molecular weight is 464 g/mol. The normalized spacial score (nSPS) is 21.3. The number of sulfone groups is 1. The van der Waals surface area contributed by atoms with E-state index in [-0.39, 0.29) is 35.2 Å². The summed E-state index contributed by atoms with van der Waals surface area (Å²) >= 11 is 1.37. The minimum absolute atomic E-state index is 0.0272. The monoisotopic (exact) mass is 463 g/mol. The van der Waals surface area contributed by atoms with Crippen LogP contribution in [0.5, 0.6) is 5.75 Å². The van der Waals surface area contributed by atoms with E-state index in [1.165, 1.54) is 17.8 Å². The Morgan fingerprint density at radius 1 is 1.26 bits per heavy atom. The van der Waals surface area contributed by atoms with Crippen LogP contribution in [-0.2, 0) is 14.6 Å². The first kappa shape index (κ1) is 21.6. The van der Waals surface area contributed by atoms with Gasteiger partial charge in [0.25, 0.3) is 0 Å². The number of thioether (sulfide) groups is 1. The number of hydrogen-bond donors (Lipinski definition) is 1. The first-order chi connectivity index (χ1) is 14.7. The number of anilines is 2. The van der Waals surface area contributed by atoms with E-state index in [9.17, 15) is 17.6 Å². The SMILES string of the molecule is COc1ccc(N(CC(=O)Nc2ccc(C)c(F)c2)C2=NC3CS(=O)(=O)CC3S2)cc1. The molecule has 0 spiro atoms. The number of methoxy groups -OCH3 is 1. The molecule has 0 bridgehead atoms. The molecule has 1 N–H and O–H groups in total. The molecule has 1 amide bonds. The smallest absolute Gasteiger partial charge is 0.244 e. The number of hydrogen-bond acceptors (Lipinski definition) is 7. The lowest BCUT2D eigenvalue weighted by molar-refractivity contribution is -0.114. The summed E-state index contributed by atoms with van der Waals surface area (Å²) in [4.78, 5) is 19.1. The van der Waals surface area contributed by atoms with Gasteiger partial charge in [0.1, 0.15) is 18.1 Å². The van der Waals surface area contributed by atoms with Gasteiger partial charge in [0.15, 0.2) is 15.0 Å². The van der Waals surface area contributed by atoms with E-state index < -0.39 is 15.7 Å². The van der Waals surface area contributed by atoms with Gasteiger partial charge in [-0.2, -0.15) is 0 Å². The van der Waals surface area contributed by atoms with E-state index in [4.69, 9.17) is 4.74 Å². The third-order valence-corrected chi connectivity index (χ3v) is 8.42. The first-order valence-corrected chi connectivity index (χ1v) is 12.4. The van der Waals surface area contributed by atoms with Crippen molar-refractivity contribution < 1.29 is 22.3 Å². The van der Waals surface area contributed by atoms with Crippen LogP contribution < -0.4 is 15.0 Å². The van der Waals surface area contributed by atoms with Crippen LogP contribution in [0, 0.1) is 12.7 Å². The summed E-state index contributed by atoms with van der Waals surface area (Å²) in [6.07, 6.45) is 0. The molecule has 2 unspecified atom stereocenters. The minimum Gasteiger partial charge on any atom is -0.497 e. The summed E-state index contributed by atoms with van der Waals surface area (Å²) in [5.74, 6) is 0.0500. The number of nitrogens with one attached hydrogen (secondary N) is 1. The van der Waals surface area contributed by atoms with Gasteiger partial charge in [0.05, 0.1) is 24.7 Å². The van der Waals surface area contributed by atoms with Gasteiger partial charge in [-0.05, 0) is 48.9 Å². The molecule has 1 fully saturated rings. The van der Waals surface area contributed by atoms with Crippen molar-refractivity contribution in [2.24, 2.45) is 4.99 Å². The number of amidine groups is 1. The molecule has 0 aliphatic carbocycles. The molecule has 2 aliphatic heterocycles. The second kappa shape index (κ2) is 8.51. The fourth-order valence-corrected chi connectivity index (χ4v) is 7.30. The Morgan fingerprint density at radius 3 is 2.65 bits per heavy atom. The highest BCUT2D eigenvalue weighted by molar-refractivity contribution is 8.15. The van der Waals surface area contributed by atoms with Crippen LogP contribution in [0.2, 0.25) is 0 Å². The van der Waals surface area contributed by atoms with E-state index in [1.54, 1.807) is 43.2 Å². The Bertz CT molecular complexity index is 1140. The van der Waals surface area contributed by atoms with E-state index in [0.29, 0.717) is 22.2 Å². The van der Waals surface area contributed by atoms with Crippen molar-refractivity contribution in [3.63, 3.8) is 0 Å². The number of aliphatic imine (C=N–C) groups is 1. The fourth-order valence-electron chi connectivity index (χ4n) is 3.52. The summed E-state index contributed by atoms with van der Waals surface area (Å²) in [5, 5.41) is 3.17. The van der Waals surface area contributed by atoms with Gasteiger partial charge in [-0.3, -0.25) is 9.79 Å². The van der Waals surface area contributed by atoms with Crippen molar-refractivity contribution >= 4 is 44.0 Å². The molecule has 0 radical (unpaired) electrons. The summed E-state index contributed by atoms with van der Waals surface area (Å²) in [5.41, 5.74) is 1.59. The zero-order valence-corrected chi connectivity index (χ0v) is 18.7. The Labute approximate surface area is 184 Å². The lowest BCUT2D eigenvalue weighted by Crippen LogP contribution is -2.36. The molecule has 7 nitrogen and oxygen atoms in total. The third-order valence-electron chi connectivity index (χ3n) is 5.18. The van der Waals surface area contributed by atoms with Gasteiger partial charge in [-0.15, -0.1) is 0 Å². The number of rotatable bonds is 5. The maximum atomic E-state index is 13.8. The molecule has 2 aromatic rings. The zero-order valence-electron chi connectivity index (χ0n) is 17.0. The number of aryl methyl sites for hydroxylation is 1. The molecule has 10 heteroatoms. The van der Waals surface area contributed by atoms with Gasteiger partial charge in [-0.25, -0.2) is 12.8 Å². The molecule has 2 atom stereocenters. The van der Waals surface area contributed by atoms with E-state index in [0.717, 1.165) is 5.69 Å². The van der Waals surface area contributed by atoms with Gasteiger partial charge < -0.3 is 15.0 Å². The molecule has 2 aliphatic rings. The Balaban J connectivity index is 1.56. The topological polar surface area (TPSA) is 88.1 Å². The number of ether oxygens (including phenoxy) is 1. The number of benzene rings is 2. The largest absolute Gasteiger partial charge is 0.497 e. The highest BCUT2D eigenvalue weighted by Gasteiger charge is 2.44. The highest BCUT2D eigenvalue weighted by Crippen LogP contribution is 2.37. The molecule has 2 aromatic carbocycles. The summed E-state index contributed by atoms with van der Waals surface area (Å²) < 4.78 is 42.8. The maximum Gasteiger partial charge on any atom is 0.244 e. The second-order valence-corrected chi connectivity index (χ2v) is 10.9. The van der Waals surface area contributed by atoms with Crippen LogP contribution in [0.3, 0.4) is 0 Å². The quantitative estimate of drug-likeness (QED) is 0.734. The molecule has 0 saturated carbocycles. The fraction of sp³-hybridized carbons (Fsp3) is 0.333. The summed E-state index contributed by atoms with van der Waals surface area (Å²) in [6.45, 7) is 1.60. The van der Waals surface area contributed by atoms with Crippen LogP contribution >= 0.6 is 11.8 Å². The van der Waals surface area contributed by atoms with Crippen LogP contribution in [-0.4, -0.2) is 55.9 Å². The van der Waals surface area contributed by atoms with Crippen molar-refractivity contribution in [3.05, 3.63) is 53.8 Å². The molecule has 31 heavy (non-hydrogen) atoms. The van der Waals surface area contributed by atoms with Crippen molar-refractivity contribution in [1.82, 2.24) is 0 Å². The van der Waals surface area contributed by atoms with Crippen LogP contribution in [0.15, 0.2) is 47.5 Å². The van der Waals surface area contributed by atoms with Gasteiger partial charge in [0, 0.05) is 16.6 Å². The number of nitrogens with zero attached hydrogens (tertiary/aromatic N) is 2. The molecule has 1 saturated heterocycles. The Morgan fingerprint density at radius 2 is 2.00 bits per heavy atom. The number of carbonyl (C=O) groups excluding carboxylic acids is 1. The van der Waals surface area contributed by atoms with E-state index >= 15 is 0 Å². The van der Waals surface area contributed by atoms with E-state index in [1.807, 2.05) is 12.1 Å². The van der Waals surface area contributed by atoms with Crippen LogP contribution in [0.25, 0.3) is 0 Å². The van der Waals surface area contributed by atoms with Crippen molar-refractivity contribution in [3.8, 4) is 5.75 Å². The number of amides is 1. The second-order valence-electron chi connectivity index (χ2n) is 7.51. The highest BCUT2D eigenvalue weighted by atomic mass is 32.2. The Hall–Kier alpha value is -2.59. The molecular formula is C21H22FN3O4S2. The van der Waals surface area contributed by atoms with Crippen LogP contribution in [0.1, 0.15) is 5.56 Å². The zero-order chi connectivity index (χ0) is 22.2. The molecule has 4 rings (SSSR count). The summed E-state index contributed by atoms with van der Waals surface area (Å²) in [6, 6.07) is 11.4. The molecule has 2 heterocycles. The molecule has 0 aromatic heterocycles. The predicted molar refractivity (Wildman–Crippen MR) is 121 cm³/mol.